The van der Waals surface area contributed by atoms with Gasteiger partial charge in [0.05, 0.1) is 19.7 Å². The quantitative estimate of drug-likeness (QED) is 0.477. The number of rotatable bonds is 3. The van der Waals surface area contributed by atoms with Gasteiger partial charge in [0.15, 0.2) is 11.5 Å². The molecule has 17 heavy (non-hydrogen) atoms. The lowest BCUT2D eigenvalue weighted by atomic mass is 10.1. The third-order valence-electron chi connectivity index (χ3n) is 2.48. The minimum Gasteiger partial charge on any atom is -0.701 e. The average molecular weight is 278 g/mol. The van der Waals surface area contributed by atoms with E-state index in [0.717, 1.165) is 0 Å². The van der Waals surface area contributed by atoms with Gasteiger partial charge in [0.1, 0.15) is 0 Å². The molecule has 0 saturated heterocycles. The first-order valence-corrected chi connectivity index (χ1v) is 6.42. The Morgan fingerprint density at radius 1 is 1.35 bits per heavy atom. The Kier molecular flexibility index (Phi) is 3.63. The van der Waals surface area contributed by atoms with Crippen molar-refractivity contribution in [2.24, 2.45) is 0 Å². The molecule has 0 unspecified atom stereocenters. The van der Waals surface area contributed by atoms with Gasteiger partial charge in [-0.1, -0.05) is 11.6 Å². The molecule has 0 amide bonds. The summed E-state index contributed by atoms with van der Waals surface area (Å²) in [4.78, 5) is 11.4. The van der Waals surface area contributed by atoms with Crippen LogP contribution in [0.1, 0.15) is 17.3 Å². The van der Waals surface area contributed by atoms with Crippen LogP contribution in [0, 0.1) is 0 Å². The molecule has 0 N–H and O–H groups in total. The smallest absolute Gasteiger partial charge is 0.258 e. The van der Waals surface area contributed by atoms with Crippen LogP contribution in [0.4, 0.5) is 5.69 Å². The van der Waals surface area contributed by atoms with E-state index >= 15 is 0 Å². The van der Waals surface area contributed by atoms with Crippen molar-refractivity contribution in [3.8, 4) is 0 Å². The molecule has 1 rings (SSSR count). The van der Waals surface area contributed by atoms with Gasteiger partial charge in [-0.2, -0.15) is 8.42 Å². The van der Waals surface area contributed by atoms with Crippen LogP contribution in [0.25, 0.3) is 0 Å². The summed E-state index contributed by atoms with van der Waals surface area (Å²) in [5, 5.41) is 0.264. The van der Waals surface area contributed by atoms with Crippen LogP contribution in [0.3, 0.4) is 0 Å². The van der Waals surface area contributed by atoms with E-state index in [-0.39, 0.29) is 22.1 Å². The second kappa shape index (κ2) is 4.38. The van der Waals surface area contributed by atoms with Crippen LogP contribution >= 0.6 is 11.6 Å². The van der Waals surface area contributed by atoms with Crippen LogP contribution in [-0.4, -0.2) is 32.8 Å². The second-order valence-corrected chi connectivity index (χ2v) is 6.20. The number of carbonyl (C=O) groups is 1. The molecule has 0 saturated carbocycles. The Bertz CT molecular complexity index is 566. The summed E-state index contributed by atoms with van der Waals surface area (Å²) >= 11 is 5.76. The minimum absolute atomic E-state index is 0.0694. The van der Waals surface area contributed by atoms with Crippen LogP contribution in [0.2, 0.25) is 5.02 Å². The number of hydrogen-bond donors (Lipinski definition) is 0. The first-order valence-electron chi connectivity index (χ1n) is 4.68. The molecule has 94 valence electrons. The predicted octanol–water partition coefficient (Wildman–Crippen LogP) is 1.57. The Hall–Kier alpha value is -0.950. The van der Waals surface area contributed by atoms with Crippen molar-refractivity contribution in [2.45, 2.75) is 6.92 Å². The maximum atomic E-state index is 11.4. The zero-order valence-electron chi connectivity index (χ0n) is 9.60. The Morgan fingerprint density at radius 2 is 1.88 bits per heavy atom. The summed E-state index contributed by atoms with van der Waals surface area (Å²) in [5.41, 5.74) is 0.235. The molecule has 0 radical (unpaired) electrons. The molecule has 0 bridgehead atoms. The molecule has 7 heteroatoms. The molecular weight excluding hydrogens is 266 g/mol. The molecule has 0 fully saturated rings. The van der Waals surface area contributed by atoms with Crippen molar-refractivity contribution in [1.82, 2.24) is 3.89 Å². The number of nitrogens with zero attached hydrogens (tertiary/aromatic N) is 1. The van der Waals surface area contributed by atoms with Crippen molar-refractivity contribution < 1.29 is 17.8 Å². The van der Waals surface area contributed by atoms with Crippen molar-refractivity contribution in [3.05, 3.63) is 28.8 Å². The summed E-state index contributed by atoms with van der Waals surface area (Å²) in [5.74, 6) is -0.327. The fraction of sp³-hybridized carbons (Fsp3) is 0.300. The van der Waals surface area contributed by atoms with Gasteiger partial charge in [0, 0.05) is 11.1 Å². The first-order chi connectivity index (χ1) is 7.57. The number of Topliss-reactive ketones (excluding diaryl/α,β-unsaturated/α-hetero) is 1. The van der Waals surface area contributed by atoms with Gasteiger partial charge in [-0.3, -0.25) is 4.79 Å². The number of ketones is 1. The van der Waals surface area contributed by atoms with Crippen LogP contribution in [-0.2, 0) is 10.3 Å². The molecule has 1 aromatic rings. The molecular formula is C10H12ClNO4S. The fourth-order valence-corrected chi connectivity index (χ4v) is 1.93. The largest absolute Gasteiger partial charge is 0.701 e. The van der Waals surface area contributed by atoms with E-state index in [1.54, 1.807) is 0 Å². The number of carbonyl (C=O) groups excluding carboxylic acids is 1. The highest BCUT2D eigenvalue weighted by atomic mass is 35.5. The molecule has 0 aromatic heterocycles. The van der Waals surface area contributed by atoms with Gasteiger partial charge in [0.2, 0.25) is 0 Å². The van der Waals surface area contributed by atoms with Crippen molar-refractivity contribution in [2.75, 3.05) is 14.1 Å². The van der Waals surface area contributed by atoms with Crippen molar-refractivity contribution in [1.29, 1.82) is 0 Å². The Morgan fingerprint density at radius 3 is 2.29 bits per heavy atom. The highest BCUT2D eigenvalue weighted by molar-refractivity contribution is 7.85. The fourth-order valence-electron chi connectivity index (χ4n) is 1.37. The standard InChI is InChI=1S/C10H12ClNO4S/c1-7(13)9-5-4-8(11)6-10(9)12(2,3)17(14,15)16/h4-6H,1-3H3. The maximum absolute atomic E-state index is 11.4. The number of hydrogen-bond acceptors (Lipinski definition) is 4. The van der Waals surface area contributed by atoms with E-state index in [1.807, 2.05) is 0 Å². The van der Waals surface area contributed by atoms with E-state index in [4.69, 9.17) is 11.6 Å². The third-order valence-corrected chi connectivity index (χ3v) is 4.03. The summed E-state index contributed by atoms with van der Waals surface area (Å²) in [6, 6.07) is 4.19. The molecule has 0 atom stereocenters. The third kappa shape index (κ3) is 2.66. The highest BCUT2D eigenvalue weighted by Crippen LogP contribution is 2.30. The van der Waals surface area contributed by atoms with E-state index < -0.39 is 14.2 Å². The number of quaternary nitrogens is 1. The van der Waals surface area contributed by atoms with Crippen molar-refractivity contribution >= 4 is 33.4 Å². The van der Waals surface area contributed by atoms with E-state index in [2.05, 4.69) is 0 Å². The van der Waals surface area contributed by atoms with Gasteiger partial charge in [-0.05, 0) is 19.1 Å². The zero-order chi connectivity index (χ0) is 13.4. The second-order valence-electron chi connectivity index (χ2n) is 4.00. The molecule has 0 aliphatic heterocycles. The molecule has 5 nitrogen and oxygen atoms in total. The number of benzene rings is 1. The van der Waals surface area contributed by atoms with Gasteiger partial charge in [0.25, 0.3) is 10.3 Å². The monoisotopic (exact) mass is 277 g/mol. The van der Waals surface area contributed by atoms with Crippen LogP contribution < -0.4 is 3.89 Å². The van der Waals surface area contributed by atoms with Gasteiger partial charge < -0.3 is 4.55 Å². The maximum Gasteiger partial charge on any atom is 0.258 e. The van der Waals surface area contributed by atoms with Crippen LogP contribution in [0.15, 0.2) is 18.2 Å². The van der Waals surface area contributed by atoms with Gasteiger partial charge in [-0.25, -0.2) is 3.89 Å². The lowest BCUT2D eigenvalue weighted by molar-refractivity contribution is 0.101. The minimum atomic E-state index is -4.65. The Labute approximate surface area is 105 Å². The van der Waals surface area contributed by atoms with Crippen LogP contribution in [0.5, 0.6) is 0 Å². The average Bonchev–Trinajstić information content (AvgIpc) is 2.15. The molecule has 0 spiro atoms. The Balaban J connectivity index is 3.60. The van der Waals surface area contributed by atoms with Crippen molar-refractivity contribution in [3.63, 3.8) is 0 Å². The van der Waals surface area contributed by atoms with E-state index in [1.165, 1.54) is 39.2 Å². The summed E-state index contributed by atoms with van der Waals surface area (Å²) in [6.07, 6.45) is 0. The van der Waals surface area contributed by atoms with E-state index in [0.29, 0.717) is 0 Å². The summed E-state index contributed by atoms with van der Waals surface area (Å²) < 4.78 is 32.6. The molecule has 1 aromatic carbocycles. The summed E-state index contributed by atoms with van der Waals surface area (Å²) in [6.45, 7) is 1.30. The normalized spacial score (nSPS) is 12.5. The predicted molar refractivity (Wildman–Crippen MR) is 64.8 cm³/mol. The molecule has 0 aliphatic carbocycles. The lowest BCUT2D eigenvalue weighted by Crippen LogP contribution is -2.47. The zero-order valence-corrected chi connectivity index (χ0v) is 11.2. The molecule has 0 heterocycles. The SMILES string of the molecule is CC(=O)c1ccc(Cl)cc1[N+](C)(C)S(=O)(=O)[O-]. The highest BCUT2D eigenvalue weighted by Gasteiger charge is 2.31. The first kappa shape index (κ1) is 14.1. The van der Waals surface area contributed by atoms with Gasteiger partial charge in [-0.15, -0.1) is 0 Å². The topological polar surface area (TPSA) is 74.3 Å². The van der Waals surface area contributed by atoms with Gasteiger partial charge >= 0.3 is 0 Å². The summed E-state index contributed by atoms with van der Waals surface area (Å²) in [7, 11) is -2.26. The van der Waals surface area contributed by atoms with E-state index in [9.17, 15) is 17.8 Å². The number of halogens is 1. The lowest BCUT2D eigenvalue weighted by Gasteiger charge is -2.31. The molecule has 0 aliphatic rings.